The zero-order chi connectivity index (χ0) is 12.3. The molecule has 1 aromatic carbocycles. The highest BCUT2D eigenvalue weighted by atomic mass is 79.9. The van der Waals surface area contributed by atoms with Gasteiger partial charge in [0.1, 0.15) is 0 Å². The van der Waals surface area contributed by atoms with Crippen molar-refractivity contribution in [2.45, 2.75) is 41.0 Å². The second-order valence-electron chi connectivity index (χ2n) is 4.50. The fourth-order valence-corrected chi connectivity index (χ4v) is 2.41. The summed E-state index contributed by atoms with van der Waals surface area (Å²) >= 11 is 3.47. The Hall–Kier alpha value is -0.560. The van der Waals surface area contributed by atoms with E-state index in [0.717, 1.165) is 11.8 Å². The first-order valence-corrected chi connectivity index (χ1v) is 6.91. The third kappa shape index (κ3) is 2.76. The molecular weight excluding hydrogens is 260 g/mol. The highest BCUT2D eigenvalue weighted by molar-refractivity contribution is 9.09. The van der Waals surface area contributed by atoms with Crippen molar-refractivity contribution in [2.24, 2.45) is 0 Å². The topological polar surface area (TPSA) is 0 Å². The second kappa shape index (κ2) is 5.67. The number of hydrogen-bond acceptors (Lipinski definition) is 0. The van der Waals surface area contributed by atoms with Crippen molar-refractivity contribution in [3.8, 4) is 0 Å². The molecule has 0 N–H and O–H groups in total. The van der Waals surface area contributed by atoms with Crippen LogP contribution >= 0.6 is 15.9 Å². The quantitative estimate of drug-likeness (QED) is 0.675. The van der Waals surface area contributed by atoms with E-state index in [1.807, 2.05) is 0 Å². The van der Waals surface area contributed by atoms with Gasteiger partial charge in [0.05, 0.1) is 0 Å². The maximum absolute atomic E-state index is 3.47. The molecule has 1 aromatic rings. The van der Waals surface area contributed by atoms with Gasteiger partial charge in [-0.3, -0.25) is 0 Å². The molecule has 0 saturated carbocycles. The Balaban J connectivity index is 3.32. The molecule has 0 aromatic heterocycles. The molecule has 0 radical (unpaired) electrons. The van der Waals surface area contributed by atoms with E-state index in [1.165, 1.54) is 33.4 Å². The molecule has 0 aliphatic heterocycles. The predicted octanol–water partition coefficient (Wildman–Crippen LogP) is 5.11. The molecular formula is C15H21Br. The van der Waals surface area contributed by atoms with Crippen molar-refractivity contribution >= 4 is 21.5 Å². The number of halogens is 1. The van der Waals surface area contributed by atoms with E-state index in [1.54, 1.807) is 0 Å². The lowest BCUT2D eigenvalue weighted by Crippen LogP contribution is -1.97. The molecule has 0 aliphatic carbocycles. The van der Waals surface area contributed by atoms with Crippen LogP contribution in [0, 0.1) is 27.7 Å². The van der Waals surface area contributed by atoms with Gasteiger partial charge in [-0.25, -0.2) is 0 Å². The number of hydrogen-bond donors (Lipinski definition) is 0. The summed E-state index contributed by atoms with van der Waals surface area (Å²) in [7, 11) is 0. The molecule has 16 heavy (non-hydrogen) atoms. The molecule has 88 valence electrons. The van der Waals surface area contributed by atoms with E-state index in [-0.39, 0.29) is 0 Å². The lowest BCUT2D eigenvalue weighted by molar-refractivity contribution is 1.20. The van der Waals surface area contributed by atoms with Gasteiger partial charge in [-0.05, 0) is 74.4 Å². The monoisotopic (exact) mass is 280 g/mol. The molecule has 1 rings (SSSR count). The van der Waals surface area contributed by atoms with Gasteiger partial charge in [0.2, 0.25) is 0 Å². The van der Waals surface area contributed by atoms with E-state index in [9.17, 15) is 0 Å². The van der Waals surface area contributed by atoms with Crippen LogP contribution in [0.5, 0.6) is 0 Å². The summed E-state index contributed by atoms with van der Waals surface area (Å²) in [5.41, 5.74) is 8.48. The van der Waals surface area contributed by atoms with Crippen molar-refractivity contribution in [3.63, 3.8) is 0 Å². The minimum atomic E-state index is 1.03. The molecule has 0 heterocycles. The summed E-state index contributed by atoms with van der Waals surface area (Å²) in [6, 6.07) is 2.28. The highest BCUT2D eigenvalue weighted by Crippen LogP contribution is 2.28. The molecule has 0 bridgehead atoms. The van der Waals surface area contributed by atoms with Crippen LogP contribution in [0.25, 0.3) is 5.57 Å². The summed E-state index contributed by atoms with van der Waals surface area (Å²) in [6.45, 7) is 11.1. The van der Waals surface area contributed by atoms with Crippen LogP contribution in [-0.2, 0) is 0 Å². The van der Waals surface area contributed by atoms with Gasteiger partial charge >= 0.3 is 0 Å². The summed E-state index contributed by atoms with van der Waals surface area (Å²) in [4.78, 5) is 0. The summed E-state index contributed by atoms with van der Waals surface area (Å²) in [5.74, 6) is 0. The van der Waals surface area contributed by atoms with Gasteiger partial charge in [-0.2, -0.15) is 0 Å². The van der Waals surface area contributed by atoms with Gasteiger partial charge in [-0.15, -0.1) is 0 Å². The Kier molecular flexibility index (Phi) is 4.79. The molecule has 0 nitrogen and oxygen atoms in total. The fourth-order valence-electron chi connectivity index (χ4n) is 2.18. The van der Waals surface area contributed by atoms with Crippen LogP contribution in [0.1, 0.15) is 41.2 Å². The molecule has 0 amide bonds. The zero-order valence-electron chi connectivity index (χ0n) is 10.9. The normalized spacial score (nSPS) is 12.0. The lowest BCUT2D eigenvalue weighted by Gasteiger charge is -2.16. The van der Waals surface area contributed by atoms with Gasteiger partial charge in [0, 0.05) is 5.33 Å². The standard InChI is InChI=1S/C15H21Br/c1-10(7-6-8-16)15-13(4)11(2)9-12(3)14(15)5/h7,9H,6,8H2,1-5H3/b10-7+. The molecule has 0 spiro atoms. The SMILES string of the molecule is C/C(=C\CCBr)c1c(C)c(C)cc(C)c1C. The van der Waals surface area contributed by atoms with Gasteiger partial charge in [0.25, 0.3) is 0 Å². The Labute approximate surface area is 108 Å². The fraction of sp³-hybridized carbons (Fsp3) is 0.467. The zero-order valence-corrected chi connectivity index (χ0v) is 12.5. The van der Waals surface area contributed by atoms with Gasteiger partial charge in [-0.1, -0.05) is 28.1 Å². The average Bonchev–Trinajstić information content (AvgIpc) is 2.24. The summed E-state index contributed by atoms with van der Waals surface area (Å²) in [5, 5.41) is 1.03. The number of rotatable bonds is 3. The second-order valence-corrected chi connectivity index (χ2v) is 5.29. The third-order valence-electron chi connectivity index (χ3n) is 3.32. The Morgan fingerprint density at radius 1 is 1.12 bits per heavy atom. The molecule has 1 heteroatoms. The van der Waals surface area contributed by atoms with E-state index in [4.69, 9.17) is 0 Å². The molecule has 0 aliphatic rings. The minimum absolute atomic E-state index is 1.03. The van der Waals surface area contributed by atoms with Crippen LogP contribution in [0.4, 0.5) is 0 Å². The number of aryl methyl sites for hydroxylation is 2. The van der Waals surface area contributed by atoms with Crippen LogP contribution in [-0.4, -0.2) is 5.33 Å². The Morgan fingerprint density at radius 2 is 1.62 bits per heavy atom. The predicted molar refractivity (Wildman–Crippen MR) is 77.5 cm³/mol. The van der Waals surface area contributed by atoms with Crippen molar-refractivity contribution in [1.29, 1.82) is 0 Å². The molecule has 0 unspecified atom stereocenters. The van der Waals surface area contributed by atoms with E-state index < -0.39 is 0 Å². The first-order chi connectivity index (χ1) is 7.49. The van der Waals surface area contributed by atoms with Crippen molar-refractivity contribution in [1.82, 2.24) is 0 Å². The van der Waals surface area contributed by atoms with Crippen LogP contribution < -0.4 is 0 Å². The van der Waals surface area contributed by atoms with Crippen LogP contribution in [0.15, 0.2) is 12.1 Å². The minimum Gasteiger partial charge on any atom is -0.0925 e. The largest absolute Gasteiger partial charge is 0.0925 e. The van der Waals surface area contributed by atoms with E-state index >= 15 is 0 Å². The van der Waals surface area contributed by atoms with Gasteiger partial charge in [0.15, 0.2) is 0 Å². The number of benzene rings is 1. The first kappa shape index (κ1) is 13.5. The maximum Gasteiger partial charge on any atom is 0.00661 e. The average molecular weight is 281 g/mol. The van der Waals surface area contributed by atoms with Crippen molar-refractivity contribution < 1.29 is 0 Å². The number of alkyl halides is 1. The van der Waals surface area contributed by atoms with Crippen LogP contribution in [0.3, 0.4) is 0 Å². The smallest absolute Gasteiger partial charge is 0.00661 e. The van der Waals surface area contributed by atoms with Crippen molar-refractivity contribution in [2.75, 3.05) is 5.33 Å². The van der Waals surface area contributed by atoms with E-state index in [2.05, 4.69) is 62.7 Å². The Bertz CT molecular complexity index is 388. The molecule has 0 saturated heterocycles. The van der Waals surface area contributed by atoms with Gasteiger partial charge < -0.3 is 0 Å². The van der Waals surface area contributed by atoms with E-state index in [0.29, 0.717) is 0 Å². The summed E-state index contributed by atoms with van der Waals surface area (Å²) in [6.07, 6.45) is 3.42. The third-order valence-corrected chi connectivity index (χ3v) is 3.78. The van der Waals surface area contributed by atoms with Crippen LogP contribution in [0.2, 0.25) is 0 Å². The van der Waals surface area contributed by atoms with Crippen molar-refractivity contribution in [3.05, 3.63) is 40.0 Å². The molecule has 0 fully saturated rings. The summed E-state index contributed by atoms with van der Waals surface area (Å²) < 4.78 is 0. The Morgan fingerprint density at radius 3 is 2.06 bits per heavy atom. The lowest BCUT2D eigenvalue weighted by atomic mass is 9.90. The highest BCUT2D eigenvalue weighted by Gasteiger charge is 2.09. The first-order valence-electron chi connectivity index (χ1n) is 5.79. The number of allylic oxidation sites excluding steroid dienone is 2. The molecule has 0 atom stereocenters. The maximum atomic E-state index is 3.47.